The molecule has 2 aromatic rings. The summed E-state index contributed by atoms with van der Waals surface area (Å²) in [7, 11) is 1.37. The van der Waals surface area contributed by atoms with Gasteiger partial charge >= 0.3 is 0 Å². The Bertz CT molecular complexity index is 1000. The first-order chi connectivity index (χ1) is 13.8. The Balaban J connectivity index is 2.27. The molecule has 152 valence electrons. The second kappa shape index (κ2) is 8.35. The van der Waals surface area contributed by atoms with Gasteiger partial charge in [0.25, 0.3) is 11.7 Å². The van der Waals surface area contributed by atoms with E-state index in [0.717, 1.165) is 0 Å². The molecule has 1 amide bonds. The van der Waals surface area contributed by atoms with Crippen LogP contribution in [-0.4, -0.2) is 40.5 Å². The van der Waals surface area contributed by atoms with Crippen molar-refractivity contribution < 1.29 is 24.5 Å². The molecule has 0 aliphatic carbocycles. The first-order valence-electron chi connectivity index (χ1n) is 8.90. The Labute approximate surface area is 177 Å². The third-order valence-electron chi connectivity index (χ3n) is 4.68. The van der Waals surface area contributed by atoms with Gasteiger partial charge in [-0.1, -0.05) is 42.3 Å². The Morgan fingerprint density at radius 3 is 2.41 bits per heavy atom. The Kier molecular flexibility index (Phi) is 6.05. The minimum atomic E-state index is -0.821. The second-order valence-electron chi connectivity index (χ2n) is 6.55. The van der Waals surface area contributed by atoms with Gasteiger partial charge in [-0.25, -0.2) is 0 Å². The van der Waals surface area contributed by atoms with Gasteiger partial charge in [0, 0.05) is 11.6 Å². The number of aliphatic hydroxyl groups is 1. The third kappa shape index (κ3) is 3.78. The highest BCUT2D eigenvalue weighted by Gasteiger charge is 2.46. The van der Waals surface area contributed by atoms with Crippen LogP contribution in [0, 0.1) is 0 Å². The van der Waals surface area contributed by atoms with E-state index in [0.29, 0.717) is 18.5 Å². The Morgan fingerprint density at radius 1 is 1.17 bits per heavy atom. The van der Waals surface area contributed by atoms with Gasteiger partial charge in [-0.05, 0) is 36.2 Å². The zero-order valence-electron chi connectivity index (χ0n) is 15.8. The van der Waals surface area contributed by atoms with Crippen LogP contribution in [0.1, 0.15) is 30.5 Å². The van der Waals surface area contributed by atoms with E-state index in [-0.39, 0.29) is 32.7 Å². The zero-order chi connectivity index (χ0) is 21.3. The number of carbonyl (C=O) groups is 2. The Hall–Kier alpha value is -2.70. The summed E-state index contributed by atoms with van der Waals surface area (Å²) in [5.41, 5.74) is 0.596. The van der Waals surface area contributed by atoms with E-state index < -0.39 is 23.5 Å². The summed E-state index contributed by atoms with van der Waals surface area (Å²) in [6.07, 6.45) is 0.619. The van der Waals surface area contributed by atoms with E-state index in [1.165, 1.54) is 36.3 Å². The number of Topliss-reactive ketones (excluding diaryl/α,β-unsaturated/α-hetero) is 1. The predicted octanol–water partition coefficient (Wildman–Crippen LogP) is 4.54. The highest BCUT2D eigenvalue weighted by Crippen LogP contribution is 2.43. The van der Waals surface area contributed by atoms with E-state index in [2.05, 4.69) is 0 Å². The summed E-state index contributed by atoms with van der Waals surface area (Å²) in [6.45, 7) is 2.20. The van der Waals surface area contributed by atoms with Gasteiger partial charge in [0.05, 0.1) is 29.3 Å². The molecule has 8 heteroatoms. The van der Waals surface area contributed by atoms with Crippen LogP contribution in [0.5, 0.6) is 11.5 Å². The number of methoxy groups -OCH3 is 1. The SMILES string of the molecule is CCCN1C(=O)C(=O)/C(=C(/O)c2cc(Cl)cc(Cl)c2OC)C1c1ccc(O)cc1. The number of phenolic OH excluding ortho intramolecular Hbond substituents is 1. The van der Waals surface area contributed by atoms with E-state index in [1.54, 1.807) is 12.1 Å². The zero-order valence-corrected chi connectivity index (χ0v) is 17.3. The number of ketones is 1. The minimum Gasteiger partial charge on any atom is -0.508 e. The van der Waals surface area contributed by atoms with Crippen molar-refractivity contribution in [2.24, 2.45) is 0 Å². The normalized spacial score (nSPS) is 18.3. The molecule has 1 heterocycles. The highest BCUT2D eigenvalue weighted by molar-refractivity contribution is 6.46. The molecule has 3 rings (SSSR count). The lowest BCUT2D eigenvalue weighted by atomic mass is 9.95. The van der Waals surface area contributed by atoms with Gasteiger partial charge in [-0.15, -0.1) is 0 Å². The Morgan fingerprint density at radius 2 is 1.83 bits per heavy atom. The molecule has 6 nitrogen and oxygen atoms in total. The lowest BCUT2D eigenvalue weighted by Gasteiger charge is -2.25. The van der Waals surface area contributed by atoms with E-state index in [4.69, 9.17) is 27.9 Å². The van der Waals surface area contributed by atoms with Crippen molar-refractivity contribution >= 4 is 40.7 Å². The molecular formula is C21H19Cl2NO5. The first kappa shape index (κ1) is 21.0. The number of benzene rings is 2. The summed E-state index contributed by atoms with van der Waals surface area (Å²) < 4.78 is 5.28. The molecule has 2 aromatic carbocycles. The largest absolute Gasteiger partial charge is 0.508 e. The van der Waals surface area contributed by atoms with Crippen LogP contribution in [0.25, 0.3) is 5.76 Å². The lowest BCUT2D eigenvalue weighted by Crippen LogP contribution is -2.30. The van der Waals surface area contributed by atoms with Gasteiger partial charge in [0.1, 0.15) is 17.3 Å². The maximum Gasteiger partial charge on any atom is 0.295 e. The quantitative estimate of drug-likeness (QED) is 0.408. The second-order valence-corrected chi connectivity index (χ2v) is 7.40. The van der Waals surface area contributed by atoms with Crippen LogP contribution in [0.4, 0.5) is 0 Å². The topological polar surface area (TPSA) is 87.1 Å². The number of amides is 1. The van der Waals surface area contributed by atoms with Gasteiger partial charge in [0.15, 0.2) is 0 Å². The van der Waals surface area contributed by atoms with Crippen molar-refractivity contribution in [2.45, 2.75) is 19.4 Å². The fraction of sp³-hybridized carbons (Fsp3) is 0.238. The van der Waals surface area contributed by atoms with E-state index in [9.17, 15) is 19.8 Å². The van der Waals surface area contributed by atoms with Crippen LogP contribution in [0.15, 0.2) is 42.0 Å². The summed E-state index contributed by atoms with van der Waals surface area (Å²) in [4.78, 5) is 26.9. The van der Waals surface area contributed by atoms with Gasteiger partial charge in [0.2, 0.25) is 0 Å². The highest BCUT2D eigenvalue weighted by atomic mass is 35.5. The molecule has 1 fully saturated rings. The monoisotopic (exact) mass is 435 g/mol. The maximum atomic E-state index is 12.9. The first-order valence-corrected chi connectivity index (χ1v) is 9.66. The number of rotatable bonds is 5. The number of hydrogen-bond acceptors (Lipinski definition) is 5. The molecule has 0 aromatic heterocycles. The van der Waals surface area contributed by atoms with E-state index in [1.807, 2.05) is 6.92 Å². The molecule has 29 heavy (non-hydrogen) atoms. The number of likely N-dealkylation sites (tertiary alicyclic amines) is 1. The number of carbonyl (C=O) groups excluding carboxylic acids is 2. The average Bonchev–Trinajstić information content (AvgIpc) is 2.93. The van der Waals surface area contributed by atoms with Gasteiger partial charge in [-0.2, -0.15) is 0 Å². The summed E-state index contributed by atoms with van der Waals surface area (Å²) >= 11 is 12.2. The maximum absolute atomic E-state index is 12.9. The molecule has 1 atom stereocenters. The molecule has 2 N–H and O–H groups in total. The third-order valence-corrected chi connectivity index (χ3v) is 5.18. The minimum absolute atomic E-state index is 0.0458. The smallest absolute Gasteiger partial charge is 0.295 e. The average molecular weight is 436 g/mol. The number of aliphatic hydroxyl groups excluding tert-OH is 1. The molecule has 1 aliphatic heterocycles. The van der Waals surface area contributed by atoms with Crippen LogP contribution in [0.3, 0.4) is 0 Å². The predicted molar refractivity (Wildman–Crippen MR) is 110 cm³/mol. The van der Waals surface area contributed by atoms with Crippen LogP contribution < -0.4 is 4.74 Å². The molecule has 1 aliphatic rings. The van der Waals surface area contributed by atoms with Crippen LogP contribution in [0.2, 0.25) is 10.0 Å². The fourth-order valence-electron chi connectivity index (χ4n) is 3.44. The molecule has 1 unspecified atom stereocenters. The number of phenols is 1. The molecule has 0 radical (unpaired) electrons. The number of nitrogens with zero attached hydrogens (tertiary/aromatic N) is 1. The molecular weight excluding hydrogens is 417 g/mol. The van der Waals surface area contributed by atoms with E-state index >= 15 is 0 Å². The number of ether oxygens (including phenoxy) is 1. The number of aromatic hydroxyl groups is 1. The van der Waals surface area contributed by atoms with Crippen molar-refractivity contribution in [1.29, 1.82) is 0 Å². The van der Waals surface area contributed by atoms with Crippen molar-refractivity contribution in [3.63, 3.8) is 0 Å². The van der Waals surface area contributed by atoms with Crippen molar-refractivity contribution in [2.75, 3.05) is 13.7 Å². The van der Waals surface area contributed by atoms with Crippen molar-refractivity contribution in [1.82, 2.24) is 4.90 Å². The lowest BCUT2D eigenvalue weighted by molar-refractivity contribution is -0.139. The van der Waals surface area contributed by atoms with Gasteiger partial charge < -0.3 is 19.8 Å². The molecule has 0 bridgehead atoms. The van der Waals surface area contributed by atoms with Crippen LogP contribution >= 0.6 is 23.2 Å². The summed E-state index contributed by atoms with van der Waals surface area (Å²) in [5, 5.41) is 21.1. The van der Waals surface area contributed by atoms with Gasteiger partial charge in [-0.3, -0.25) is 9.59 Å². The number of halogens is 2. The standard InChI is InChI=1S/C21H19Cl2NO5/c1-3-8-24-17(11-4-6-13(25)7-5-11)16(19(27)21(24)28)18(26)14-9-12(22)10-15(23)20(14)29-2/h4-7,9-10,17,25-26H,3,8H2,1-2H3/b18-16+. The molecule has 1 saturated heterocycles. The summed E-state index contributed by atoms with van der Waals surface area (Å²) in [5.74, 6) is -1.77. The van der Waals surface area contributed by atoms with Crippen molar-refractivity contribution in [3.8, 4) is 11.5 Å². The summed E-state index contributed by atoms with van der Waals surface area (Å²) in [6, 6.07) is 8.16. The molecule has 0 spiro atoms. The number of hydrogen-bond donors (Lipinski definition) is 2. The molecule has 0 saturated carbocycles. The fourth-order valence-corrected chi connectivity index (χ4v) is 4.01. The van der Waals surface area contributed by atoms with Crippen molar-refractivity contribution in [3.05, 3.63) is 63.1 Å². The van der Waals surface area contributed by atoms with Crippen LogP contribution in [-0.2, 0) is 9.59 Å².